The van der Waals surface area contributed by atoms with Crippen LogP contribution in [0.1, 0.15) is 35.4 Å². The number of rotatable bonds is 7. The highest BCUT2D eigenvalue weighted by atomic mass is 127. The molecule has 0 aliphatic rings. The molecule has 27 heavy (non-hydrogen) atoms. The summed E-state index contributed by atoms with van der Waals surface area (Å²) in [5, 5.41) is 6.37. The summed E-state index contributed by atoms with van der Waals surface area (Å²) in [6, 6.07) is 7.44. The van der Waals surface area contributed by atoms with Gasteiger partial charge in [0.1, 0.15) is 5.76 Å². The Morgan fingerprint density at radius 1 is 1.15 bits per heavy atom. The number of oxazole rings is 1. The van der Waals surface area contributed by atoms with Gasteiger partial charge in [0.15, 0.2) is 15.8 Å². The molecule has 0 aliphatic carbocycles. The number of aromatic nitrogens is 1. The summed E-state index contributed by atoms with van der Waals surface area (Å²) in [6.07, 6.45) is 1.23. The van der Waals surface area contributed by atoms with Crippen LogP contribution in [0.4, 0.5) is 0 Å². The first-order valence-corrected chi connectivity index (χ1v) is 10.5. The number of benzene rings is 1. The largest absolute Gasteiger partial charge is 0.444 e. The van der Waals surface area contributed by atoms with Crippen LogP contribution in [-0.4, -0.2) is 32.2 Å². The van der Waals surface area contributed by atoms with Gasteiger partial charge in [0, 0.05) is 12.8 Å². The summed E-state index contributed by atoms with van der Waals surface area (Å²) >= 11 is 0. The highest BCUT2D eigenvalue weighted by Crippen LogP contribution is 2.09. The van der Waals surface area contributed by atoms with E-state index in [2.05, 4.69) is 20.6 Å². The average molecular weight is 506 g/mol. The highest BCUT2D eigenvalue weighted by molar-refractivity contribution is 14.0. The lowest BCUT2D eigenvalue weighted by Gasteiger charge is -2.10. The number of hydrogen-bond donors (Lipinski definition) is 2. The van der Waals surface area contributed by atoms with Crippen molar-refractivity contribution in [2.45, 2.75) is 39.6 Å². The Balaban J connectivity index is 0.00000364. The van der Waals surface area contributed by atoms with Gasteiger partial charge in [-0.05, 0) is 31.9 Å². The molecule has 1 aromatic heterocycles. The van der Waals surface area contributed by atoms with Crippen LogP contribution in [0.2, 0.25) is 0 Å². The molecule has 150 valence electrons. The molecule has 0 fully saturated rings. The first-order valence-electron chi connectivity index (χ1n) is 8.47. The molecule has 7 nitrogen and oxygen atoms in total. The fourth-order valence-electron chi connectivity index (χ4n) is 2.33. The number of guanidine groups is 1. The quantitative estimate of drug-likeness (QED) is 0.341. The summed E-state index contributed by atoms with van der Waals surface area (Å²) in [5.74, 6) is 2.16. The first-order chi connectivity index (χ1) is 12.3. The van der Waals surface area contributed by atoms with E-state index in [1.165, 1.54) is 6.26 Å². The van der Waals surface area contributed by atoms with Crippen molar-refractivity contribution >= 4 is 39.8 Å². The highest BCUT2D eigenvalue weighted by Gasteiger charge is 2.07. The van der Waals surface area contributed by atoms with Gasteiger partial charge >= 0.3 is 0 Å². The van der Waals surface area contributed by atoms with Gasteiger partial charge in [-0.2, -0.15) is 0 Å². The Kier molecular flexibility index (Phi) is 9.23. The summed E-state index contributed by atoms with van der Waals surface area (Å²) in [6.45, 7) is 7.47. The number of nitrogens with one attached hydrogen (secondary N) is 2. The van der Waals surface area contributed by atoms with Gasteiger partial charge in [-0.15, -0.1) is 24.0 Å². The van der Waals surface area contributed by atoms with Crippen molar-refractivity contribution in [3.05, 3.63) is 52.7 Å². The van der Waals surface area contributed by atoms with E-state index in [1.807, 2.05) is 45.0 Å². The standard InChI is InChI=1S/C18H26N4O3S.HI/c1-5-19-18(21-11-17-22-13(2)14(3)25-17)20-10-15-6-8-16(9-7-15)12-26(4,23)24;/h6-9H,5,10-12H2,1-4H3,(H2,19,20,21);1H. The molecular weight excluding hydrogens is 479 g/mol. The molecule has 0 radical (unpaired) electrons. The Morgan fingerprint density at radius 2 is 1.78 bits per heavy atom. The number of hydrogen-bond acceptors (Lipinski definition) is 5. The van der Waals surface area contributed by atoms with Gasteiger partial charge in [0.05, 0.1) is 24.5 Å². The van der Waals surface area contributed by atoms with Crippen molar-refractivity contribution in [3.8, 4) is 0 Å². The molecule has 0 saturated heterocycles. The van der Waals surface area contributed by atoms with Crippen molar-refractivity contribution in [2.24, 2.45) is 4.99 Å². The number of aryl methyl sites for hydroxylation is 2. The number of sulfone groups is 1. The van der Waals surface area contributed by atoms with E-state index in [9.17, 15) is 8.42 Å². The van der Waals surface area contributed by atoms with E-state index in [0.717, 1.165) is 29.1 Å². The van der Waals surface area contributed by atoms with Gasteiger partial charge in [0.2, 0.25) is 5.89 Å². The zero-order valence-corrected chi connectivity index (χ0v) is 19.2. The van der Waals surface area contributed by atoms with Gasteiger partial charge in [-0.3, -0.25) is 0 Å². The lowest BCUT2D eigenvalue weighted by Crippen LogP contribution is -2.36. The summed E-state index contributed by atoms with van der Waals surface area (Å²) < 4.78 is 28.2. The Bertz CT molecular complexity index is 842. The summed E-state index contributed by atoms with van der Waals surface area (Å²) in [4.78, 5) is 8.88. The zero-order valence-electron chi connectivity index (χ0n) is 16.1. The predicted molar refractivity (Wildman–Crippen MR) is 118 cm³/mol. The zero-order chi connectivity index (χ0) is 19.2. The Labute approximate surface area is 178 Å². The topological polar surface area (TPSA) is 96.6 Å². The Morgan fingerprint density at radius 3 is 2.30 bits per heavy atom. The van der Waals surface area contributed by atoms with Crippen LogP contribution in [0.15, 0.2) is 33.7 Å². The second-order valence-electron chi connectivity index (χ2n) is 6.18. The van der Waals surface area contributed by atoms with E-state index in [0.29, 0.717) is 24.9 Å². The minimum Gasteiger partial charge on any atom is -0.444 e. The molecule has 0 aliphatic heterocycles. The minimum absolute atomic E-state index is 0. The van der Waals surface area contributed by atoms with E-state index in [-0.39, 0.29) is 29.7 Å². The number of nitrogens with zero attached hydrogens (tertiary/aromatic N) is 2. The predicted octanol–water partition coefficient (Wildman–Crippen LogP) is 2.71. The molecule has 0 atom stereocenters. The average Bonchev–Trinajstić information content (AvgIpc) is 2.88. The lowest BCUT2D eigenvalue weighted by molar-refractivity contribution is 0.463. The molecule has 0 bridgehead atoms. The first kappa shape index (κ1) is 23.4. The van der Waals surface area contributed by atoms with Crippen LogP contribution in [0, 0.1) is 13.8 Å². The van der Waals surface area contributed by atoms with Gasteiger partial charge in [-0.1, -0.05) is 24.3 Å². The van der Waals surface area contributed by atoms with Crippen molar-refractivity contribution in [1.82, 2.24) is 15.6 Å². The number of aliphatic imine (C=N–C) groups is 1. The molecule has 2 rings (SSSR count). The molecule has 0 amide bonds. The van der Waals surface area contributed by atoms with Crippen LogP contribution in [-0.2, 0) is 28.7 Å². The van der Waals surface area contributed by atoms with Crippen LogP contribution in [0.5, 0.6) is 0 Å². The van der Waals surface area contributed by atoms with Crippen molar-refractivity contribution in [3.63, 3.8) is 0 Å². The van der Waals surface area contributed by atoms with Crippen molar-refractivity contribution < 1.29 is 12.8 Å². The second kappa shape index (κ2) is 10.6. The maximum atomic E-state index is 11.3. The van der Waals surface area contributed by atoms with Gasteiger partial charge < -0.3 is 15.1 Å². The fraction of sp³-hybridized carbons (Fsp3) is 0.444. The van der Waals surface area contributed by atoms with E-state index >= 15 is 0 Å². The molecule has 1 aromatic carbocycles. The SMILES string of the molecule is CCNC(=NCc1ccc(CS(C)(=O)=O)cc1)NCc1nc(C)c(C)o1.I. The second-order valence-corrected chi connectivity index (χ2v) is 8.32. The maximum Gasteiger partial charge on any atom is 0.214 e. The van der Waals surface area contributed by atoms with E-state index in [4.69, 9.17) is 4.42 Å². The number of halogens is 1. The van der Waals surface area contributed by atoms with Gasteiger partial charge in [0.25, 0.3) is 0 Å². The fourth-order valence-corrected chi connectivity index (χ4v) is 3.13. The molecular formula is C18H27IN4O3S. The lowest BCUT2D eigenvalue weighted by atomic mass is 10.1. The minimum atomic E-state index is -3.02. The van der Waals surface area contributed by atoms with Crippen LogP contribution in [0.25, 0.3) is 0 Å². The van der Waals surface area contributed by atoms with Crippen LogP contribution in [0.3, 0.4) is 0 Å². The summed E-state index contributed by atoms with van der Waals surface area (Å²) in [7, 11) is -3.02. The third-order valence-electron chi connectivity index (χ3n) is 3.70. The molecule has 9 heteroatoms. The Hall–Kier alpha value is -1.62. The normalized spacial score (nSPS) is 11.8. The van der Waals surface area contributed by atoms with Crippen molar-refractivity contribution in [1.29, 1.82) is 0 Å². The third-order valence-corrected chi connectivity index (χ3v) is 4.55. The molecule has 0 spiro atoms. The van der Waals surface area contributed by atoms with Crippen LogP contribution < -0.4 is 10.6 Å². The smallest absolute Gasteiger partial charge is 0.214 e. The van der Waals surface area contributed by atoms with E-state index in [1.54, 1.807) is 0 Å². The maximum absolute atomic E-state index is 11.3. The van der Waals surface area contributed by atoms with Crippen molar-refractivity contribution in [2.75, 3.05) is 12.8 Å². The summed E-state index contributed by atoms with van der Waals surface area (Å²) in [5.41, 5.74) is 2.67. The molecule has 0 saturated carbocycles. The monoisotopic (exact) mass is 506 g/mol. The van der Waals surface area contributed by atoms with Gasteiger partial charge in [-0.25, -0.2) is 18.4 Å². The van der Waals surface area contributed by atoms with Crippen LogP contribution >= 0.6 is 24.0 Å². The molecule has 1 heterocycles. The van der Waals surface area contributed by atoms with E-state index < -0.39 is 9.84 Å². The molecule has 2 N–H and O–H groups in total. The third kappa shape index (κ3) is 8.29. The molecule has 2 aromatic rings. The molecule has 0 unspecified atom stereocenters.